The number of nitrogens with zero attached hydrogens (tertiary/aromatic N) is 1. The lowest BCUT2D eigenvalue weighted by atomic mass is 10.1. The molecule has 5 heteroatoms. The van der Waals surface area contributed by atoms with E-state index >= 15 is 0 Å². The molecule has 0 fully saturated rings. The SMILES string of the molecule is CSc1ccccc1C(=O)N(CC(=O)O)c1ccccc1. The summed E-state index contributed by atoms with van der Waals surface area (Å²) >= 11 is 1.46. The summed E-state index contributed by atoms with van der Waals surface area (Å²) < 4.78 is 0. The zero-order valence-corrected chi connectivity index (χ0v) is 12.3. The molecule has 1 amide bonds. The Morgan fingerprint density at radius 1 is 1.05 bits per heavy atom. The van der Waals surface area contributed by atoms with Crippen LogP contribution in [0.3, 0.4) is 0 Å². The van der Waals surface area contributed by atoms with Crippen LogP contribution in [0.4, 0.5) is 5.69 Å². The van der Waals surface area contributed by atoms with Gasteiger partial charge in [0.1, 0.15) is 6.54 Å². The number of anilines is 1. The standard InChI is InChI=1S/C16H15NO3S/c1-21-14-10-6-5-9-13(14)16(20)17(11-15(18)19)12-7-3-2-4-8-12/h2-10H,11H2,1H3,(H,18,19). The van der Waals surface area contributed by atoms with Crippen molar-refractivity contribution in [2.45, 2.75) is 4.90 Å². The Balaban J connectivity index is 2.41. The summed E-state index contributed by atoms with van der Waals surface area (Å²) in [4.78, 5) is 25.9. The molecule has 0 atom stereocenters. The van der Waals surface area contributed by atoms with Crippen molar-refractivity contribution in [1.29, 1.82) is 0 Å². The van der Waals surface area contributed by atoms with Crippen LogP contribution in [0, 0.1) is 0 Å². The minimum absolute atomic E-state index is 0.312. The van der Waals surface area contributed by atoms with Gasteiger partial charge in [0.25, 0.3) is 5.91 Å². The second kappa shape index (κ2) is 6.95. The number of hydrogen-bond acceptors (Lipinski definition) is 3. The number of benzene rings is 2. The molecule has 0 saturated heterocycles. The number of carbonyl (C=O) groups excluding carboxylic acids is 1. The quantitative estimate of drug-likeness (QED) is 0.862. The molecule has 0 aliphatic rings. The van der Waals surface area contributed by atoms with Gasteiger partial charge in [-0.1, -0.05) is 30.3 Å². The Labute approximate surface area is 127 Å². The molecule has 21 heavy (non-hydrogen) atoms. The topological polar surface area (TPSA) is 57.6 Å². The second-order valence-electron chi connectivity index (χ2n) is 4.32. The maximum absolute atomic E-state index is 12.7. The van der Waals surface area contributed by atoms with E-state index in [0.717, 1.165) is 4.90 Å². The number of para-hydroxylation sites is 1. The van der Waals surface area contributed by atoms with E-state index in [-0.39, 0.29) is 12.5 Å². The summed E-state index contributed by atoms with van der Waals surface area (Å²) in [6.07, 6.45) is 1.89. The lowest BCUT2D eigenvalue weighted by Gasteiger charge is -2.22. The summed E-state index contributed by atoms with van der Waals surface area (Å²) in [5.41, 5.74) is 1.08. The van der Waals surface area contributed by atoms with E-state index in [9.17, 15) is 9.59 Å². The van der Waals surface area contributed by atoms with Crippen molar-refractivity contribution >= 4 is 29.3 Å². The maximum Gasteiger partial charge on any atom is 0.323 e. The average Bonchev–Trinajstić information content (AvgIpc) is 2.52. The Kier molecular flexibility index (Phi) is 5.00. The van der Waals surface area contributed by atoms with Gasteiger partial charge in [-0.15, -0.1) is 11.8 Å². The third-order valence-electron chi connectivity index (χ3n) is 2.94. The number of hydrogen-bond donors (Lipinski definition) is 1. The van der Waals surface area contributed by atoms with Crippen LogP contribution in [-0.2, 0) is 4.79 Å². The van der Waals surface area contributed by atoms with Crippen LogP contribution in [0.15, 0.2) is 59.5 Å². The largest absolute Gasteiger partial charge is 0.480 e. The van der Waals surface area contributed by atoms with Gasteiger partial charge in [-0.3, -0.25) is 14.5 Å². The second-order valence-corrected chi connectivity index (χ2v) is 5.17. The molecule has 0 aromatic heterocycles. The molecule has 0 spiro atoms. The minimum atomic E-state index is -1.05. The van der Waals surface area contributed by atoms with E-state index in [1.807, 2.05) is 24.5 Å². The van der Waals surface area contributed by atoms with Crippen molar-refractivity contribution in [3.63, 3.8) is 0 Å². The van der Waals surface area contributed by atoms with E-state index in [4.69, 9.17) is 5.11 Å². The zero-order chi connectivity index (χ0) is 15.2. The number of thioether (sulfide) groups is 1. The molecule has 0 aliphatic heterocycles. The first-order valence-corrected chi connectivity index (χ1v) is 7.57. The van der Waals surface area contributed by atoms with Crippen LogP contribution in [0.2, 0.25) is 0 Å². The molecule has 0 unspecified atom stereocenters. The average molecular weight is 301 g/mol. The summed E-state index contributed by atoms with van der Waals surface area (Å²) in [5, 5.41) is 9.07. The lowest BCUT2D eigenvalue weighted by molar-refractivity contribution is -0.135. The first-order valence-electron chi connectivity index (χ1n) is 6.35. The van der Waals surface area contributed by atoms with Crippen molar-refractivity contribution in [1.82, 2.24) is 0 Å². The Morgan fingerprint density at radius 3 is 2.29 bits per heavy atom. The Hall–Kier alpha value is -2.27. The van der Waals surface area contributed by atoms with Gasteiger partial charge in [-0.05, 0) is 30.5 Å². The number of aliphatic carboxylic acids is 1. The maximum atomic E-state index is 12.7. The van der Waals surface area contributed by atoms with Gasteiger partial charge in [0.15, 0.2) is 0 Å². The van der Waals surface area contributed by atoms with E-state index in [1.54, 1.807) is 36.4 Å². The summed E-state index contributed by atoms with van der Waals surface area (Å²) in [7, 11) is 0. The molecular weight excluding hydrogens is 286 g/mol. The van der Waals surface area contributed by atoms with Crippen molar-refractivity contribution in [3.05, 3.63) is 60.2 Å². The monoisotopic (exact) mass is 301 g/mol. The fourth-order valence-corrected chi connectivity index (χ4v) is 2.58. The molecule has 0 bridgehead atoms. The fourth-order valence-electron chi connectivity index (χ4n) is 1.99. The highest BCUT2D eigenvalue weighted by atomic mass is 32.2. The predicted molar refractivity (Wildman–Crippen MR) is 84.0 cm³/mol. The molecule has 108 valence electrons. The third kappa shape index (κ3) is 3.64. The van der Waals surface area contributed by atoms with Crippen LogP contribution in [0.5, 0.6) is 0 Å². The van der Waals surface area contributed by atoms with Crippen molar-refractivity contribution in [3.8, 4) is 0 Å². The minimum Gasteiger partial charge on any atom is -0.480 e. The number of rotatable bonds is 5. The molecule has 1 N–H and O–H groups in total. The van der Waals surface area contributed by atoms with Gasteiger partial charge in [-0.25, -0.2) is 0 Å². The van der Waals surface area contributed by atoms with Crippen LogP contribution < -0.4 is 4.90 Å². The van der Waals surface area contributed by atoms with Crippen molar-refractivity contribution < 1.29 is 14.7 Å². The summed E-state index contributed by atoms with van der Waals surface area (Å²) in [6.45, 7) is -0.369. The lowest BCUT2D eigenvalue weighted by Crippen LogP contribution is -2.36. The first kappa shape index (κ1) is 15.1. The van der Waals surface area contributed by atoms with Gasteiger partial charge >= 0.3 is 5.97 Å². The van der Waals surface area contributed by atoms with Crippen molar-refractivity contribution in [2.75, 3.05) is 17.7 Å². The van der Waals surface area contributed by atoms with Gasteiger partial charge in [-0.2, -0.15) is 0 Å². The normalized spacial score (nSPS) is 10.1. The molecule has 2 aromatic carbocycles. The molecule has 0 radical (unpaired) electrons. The summed E-state index contributed by atoms with van der Waals surface area (Å²) in [5.74, 6) is -1.36. The summed E-state index contributed by atoms with van der Waals surface area (Å²) in [6, 6.07) is 16.0. The van der Waals surface area contributed by atoms with E-state index in [1.165, 1.54) is 16.7 Å². The van der Waals surface area contributed by atoms with E-state index < -0.39 is 5.97 Å². The molecule has 0 saturated carbocycles. The van der Waals surface area contributed by atoms with Crippen LogP contribution in [-0.4, -0.2) is 29.8 Å². The number of carboxylic acid groups (broad SMARTS) is 1. The Morgan fingerprint density at radius 2 is 1.67 bits per heavy atom. The van der Waals surface area contributed by atoms with E-state index in [2.05, 4.69) is 0 Å². The van der Waals surface area contributed by atoms with E-state index in [0.29, 0.717) is 11.3 Å². The van der Waals surface area contributed by atoms with Crippen LogP contribution >= 0.6 is 11.8 Å². The number of amides is 1. The highest BCUT2D eigenvalue weighted by Gasteiger charge is 2.22. The van der Waals surface area contributed by atoms with Gasteiger partial charge in [0.2, 0.25) is 0 Å². The Bertz CT molecular complexity index is 643. The third-order valence-corrected chi connectivity index (χ3v) is 3.74. The van der Waals surface area contributed by atoms with Crippen LogP contribution in [0.1, 0.15) is 10.4 Å². The highest BCUT2D eigenvalue weighted by Crippen LogP contribution is 2.24. The fraction of sp³-hybridized carbons (Fsp3) is 0.125. The number of carbonyl (C=O) groups is 2. The van der Waals surface area contributed by atoms with Crippen LogP contribution in [0.25, 0.3) is 0 Å². The predicted octanol–water partition coefficient (Wildman–Crippen LogP) is 3.14. The highest BCUT2D eigenvalue weighted by molar-refractivity contribution is 7.98. The number of carboxylic acids is 1. The smallest absolute Gasteiger partial charge is 0.323 e. The molecule has 2 rings (SSSR count). The van der Waals surface area contributed by atoms with Gasteiger partial charge in [0, 0.05) is 10.6 Å². The molecule has 0 aliphatic carbocycles. The van der Waals surface area contributed by atoms with Gasteiger partial charge < -0.3 is 5.11 Å². The van der Waals surface area contributed by atoms with Gasteiger partial charge in [0.05, 0.1) is 5.56 Å². The molecule has 4 nitrogen and oxygen atoms in total. The molecule has 2 aromatic rings. The van der Waals surface area contributed by atoms with Crippen molar-refractivity contribution in [2.24, 2.45) is 0 Å². The zero-order valence-electron chi connectivity index (χ0n) is 11.5. The molecular formula is C16H15NO3S. The first-order chi connectivity index (χ1) is 10.1. The molecule has 0 heterocycles.